The SMILES string of the molecule is CCOC(=NC(=O)c1ccccc1)c1ccccc1. The number of hydrogen-bond acceptors (Lipinski definition) is 2. The number of benzene rings is 2. The molecule has 2 aromatic rings. The Kier molecular flexibility index (Phi) is 4.45. The fourth-order valence-corrected chi connectivity index (χ4v) is 1.64. The van der Waals surface area contributed by atoms with Crippen LogP contribution in [-0.2, 0) is 4.74 Å². The first-order valence-electron chi connectivity index (χ1n) is 6.17. The second-order valence-corrected chi connectivity index (χ2v) is 3.89. The highest BCUT2D eigenvalue weighted by Crippen LogP contribution is 2.06. The number of amides is 1. The monoisotopic (exact) mass is 253 g/mol. The Morgan fingerprint density at radius 1 is 0.947 bits per heavy atom. The number of aliphatic imine (C=N–C) groups is 1. The lowest BCUT2D eigenvalue weighted by Crippen LogP contribution is -2.10. The highest BCUT2D eigenvalue weighted by atomic mass is 16.5. The standard InChI is InChI=1S/C16H15NO2/c1-2-19-16(14-11-7-4-8-12-14)17-15(18)13-9-5-3-6-10-13/h3-12H,2H2,1H3. The lowest BCUT2D eigenvalue weighted by Gasteiger charge is -2.06. The van der Waals surface area contributed by atoms with E-state index in [1.165, 1.54) is 0 Å². The zero-order chi connectivity index (χ0) is 13.5. The number of ether oxygens (including phenoxy) is 1. The molecule has 0 bridgehead atoms. The molecular weight excluding hydrogens is 238 g/mol. The predicted octanol–water partition coefficient (Wildman–Crippen LogP) is 3.31. The molecule has 0 N–H and O–H groups in total. The molecule has 19 heavy (non-hydrogen) atoms. The lowest BCUT2D eigenvalue weighted by atomic mass is 10.2. The minimum atomic E-state index is -0.298. The zero-order valence-electron chi connectivity index (χ0n) is 10.7. The number of hydrogen-bond donors (Lipinski definition) is 0. The molecule has 0 unspecified atom stereocenters. The summed E-state index contributed by atoms with van der Waals surface area (Å²) in [6, 6.07) is 18.4. The molecule has 96 valence electrons. The molecule has 0 aromatic heterocycles. The summed E-state index contributed by atoms with van der Waals surface area (Å²) in [5.41, 5.74) is 1.35. The van der Waals surface area contributed by atoms with Crippen molar-refractivity contribution in [2.24, 2.45) is 4.99 Å². The van der Waals surface area contributed by atoms with Gasteiger partial charge in [0.1, 0.15) is 0 Å². The molecule has 0 heterocycles. The lowest BCUT2D eigenvalue weighted by molar-refractivity contribution is 0.0999. The van der Waals surface area contributed by atoms with Crippen LogP contribution in [0.4, 0.5) is 0 Å². The molecule has 0 atom stereocenters. The van der Waals surface area contributed by atoms with Crippen molar-refractivity contribution in [1.29, 1.82) is 0 Å². The van der Waals surface area contributed by atoms with E-state index in [9.17, 15) is 4.79 Å². The summed E-state index contributed by atoms with van der Waals surface area (Å²) in [6.45, 7) is 2.33. The van der Waals surface area contributed by atoms with Crippen molar-refractivity contribution in [3.63, 3.8) is 0 Å². The van der Waals surface area contributed by atoms with E-state index in [4.69, 9.17) is 4.74 Å². The molecular formula is C16H15NO2. The Bertz CT molecular complexity index is 562. The van der Waals surface area contributed by atoms with E-state index < -0.39 is 0 Å². The molecule has 0 aliphatic carbocycles. The average molecular weight is 253 g/mol. The van der Waals surface area contributed by atoms with Gasteiger partial charge in [-0.2, -0.15) is 4.99 Å². The molecule has 0 aliphatic rings. The summed E-state index contributed by atoms with van der Waals surface area (Å²) in [5, 5.41) is 0. The Balaban J connectivity index is 2.29. The van der Waals surface area contributed by atoms with E-state index >= 15 is 0 Å². The molecule has 2 aromatic carbocycles. The minimum Gasteiger partial charge on any atom is -0.477 e. The van der Waals surface area contributed by atoms with Crippen LogP contribution in [0.25, 0.3) is 0 Å². The van der Waals surface area contributed by atoms with E-state index in [-0.39, 0.29) is 5.91 Å². The Morgan fingerprint density at radius 3 is 2.00 bits per heavy atom. The molecule has 0 spiro atoms. The fraction of sp³-hybridized carbons (Fsp3) is 0.125. The van der Waals surface area contributed by atoms with Crippen LogP contribution in [0.2, 0.25) is 0 Å². The van der Waals surface area contributed by atoms with E-state index in [0.717, 1.165) is 5.56 Å². The quantitative estimate of drug-likeness (QED) is 0.621. The average Bonchev–Trinajstić information content (AvgIpc) is 2.48. The van der Waals surface area contributed by atoms with Crippen molar-refractivity contribution >= 4 is 11.8 Å². The van der Waals surface area contributed by atoms with Crippen LogP contribution in [0.15, 0.2) is 65.7 Å². The maximum absolute atomic E-state index is 12.0. The molecule has 0 saturated carbocycles. The third kappa shape index (κ3) is 3.52. The van der Waals surface area contributed by atoms with Gasteiger partial charge >= 0.3 is 0 Å². The molecule has 2 rings (SSSR count). The van der Waals surface area contributed by atoms with E-state index in [0.29, 0.717) is 18.1 Å². The second-order valence-electron chi connectivity index (χ2n) is 3.89. The van der Waals surface area contributed by atoms with Crippen molar-refractivity contribution in [2.75, 3.05) is 6.61 Å². The predicted molar refractivity (Wildman–Crippen MR) is 75.4 cm³/mol. The van der Waals surface area contributed by atoms with Gasteiger partial charge in [0.15, 0.2) is 0 Å². The largest absolute Gasteiger partial charge is 0.477 e. The molecule has 3 nitrogen and oxygen atoms in total. The fourth-order valence-electron chi connectivity index (χ4n) is 1.64. The molecule has 0 fully saturated rings. The minimum absolute atomic E-state index is 0.298. The third-order valence-corrected chi connectivity index (χ3v) is 2.53. The zero-order valence-corrected chi connectivity index (χ0v) is 10.7. The number of carbonyl (C=O) groups is 1. The Morgan fingerprint density at radius 2 is 1.47 bits per heavy atom. The van der Waals surface area contributed by atoms with Crippen LogP contribution < -0.4 is 0 Å². The summed E-state index contributed by atoms with van der Waals surface area (Å²) >= 11 is 0. The Hall–Kier alpha value is -2.42. The van der Waals surface area contributed by atoms with Gasteiger partial charge in [0, 0.05) is 11.1 Å². The topological polar surface area (TPSA) is 38.7 Å². The molecule has 0 radical (unpaired) electrons. The number of carbonyl (C=O) groups excluding carboxylic acids is 1. The Labute approximate surface area is 112 Å². The van der Waals surface area contributed by atoms with E-state index in [1.807, 2.05) is 55.5 Å². The van der Waals surface area contributed by atoms with Crippen molar-refractivity contribution in [3.05, 3.63) is 71.8 Å². The number of nitrogens with zero attached hydrogens (tertiary/aromatic N) is 1. The maximum Gasteiger partial charge on any atom is 0.280 e. The van der Waals surface area contributed by atoms with Crippen molar-refractivity contribution in [1.82, 2.24) is 0 Å². The van der Waals surface area contributed by atoms with Gasteiger partial charge in [-0.25, -0.2) is 0 Å². The highest BCUT2D eigenvalue weighted by Gasteiger charge is 2.09. The van der Waals surface area contributed by atoms with Gasteiger partial charge in [-0.05, 0) is 31.2 Å². The van der Waals surface area contributed by atoms with Crippen LogP contribution in [0.3, 0.4) is 0 Å². The van der Waals surface area contributed by atoms with Gasteiger partial charge in [-0.1, -0.05) is 36.4 Å². The van der Waals surface area contributed by atoms with Gasteiger partial charge < -0.3 is 4.74 Å². The van der Waals surface area contributed by atoms with Crippen LogP contribution in [0.5, 0.6) is 0 Å². The van der Waals surface area contributed by atoms with Gasteiger partial charge in [-0.3, -0.25) is 4.79 Å². The summed E-state index contributed by atoms with van der Waals surface area (Å²) in [6.07, 6.45) is 0. The molecule has 0 aliphatic heterocycles. The van der Waals surface area contributed by atoms with Crippen molar-refractivity contribution in [3.8, 4) is 0 Å². The summed E-state index contributed by atoms with van der Waals surface area (Å²) < 4.78 is 5.45. The van der Waals surface area contributed by atoms with Gasteiger partial charge in [-0.15, -0.1) is 0 Å². The van der Waals surface area contributed by atoms with Gasteiger partial charge in [0.25, 0.3) is 5.91 Å². The summed E-state index contributed by atoms with van der Waals surface area (Å²) in [4.78, 5) is 16.1. The van der Waals surface area contributed by atoms with Crippen molar-refractivity contribution in [2.45, 2.75) is 6.92 Å². The normalized spacial score (nSPS) is 11.1. The third-order valence-electron chi connectivity index (χ3n) is 2.53. The molecule has 0 saturated heterocycles. The first-order chi connectivity index (χ1) is 9.31. The van der Waals surface area contributed by atoms with Crippen LogP contribution in [0.1, 0.15) is 22.8 Å². The van der Waals surface area contributed by atoms with Crippen LogP contribution >= 0.6 is 0 Å². The van der Waals surface area contributed by atoms with Crippen molar-refractivity contribution < 1.29 is 9.53 Å². The first-order valence-corrected chi connectivity index (χ1v) is 6.17. The first kappa shape index (κ1) is 13.0. The van der Waals surface area contributed by atoms with Gasteiger partial charge in [0.05, 0.1) is 6.61 Å². The smallest absolute Gasteiger partial charge is 0.280 e. The summed E-state index contributed by atoms with van der Waals surface area (Å²) in [5.74, 6) is 0.0601. The van der Waals surface area contributed by atoms with E-state index in [2.05, 4.69) is 4.99 Å². The second kappa shape index (κ2) is 6.50. The number of rotatable bonds is 3. The van der Waals surface area contributed by atoms with Crippen LogP contribution in [-0.4, -0.2) is 18.4 Å². The maximum atomic E-state index is 12.0. The van der Waals surface area contributed by atoms with Crippen LogP contribution in [0, 0.1) is 0 Å². The summed E-state index contributed by atoms with van der Waals surface area (Å²) in [7, 11) is 0. The highest BCUT2D eigenvalue weighted by molar-refractivity contribution is 6.06. The molecule has 3 heteroatoms. The van der Waals surface area contributed by atoms with E-state index in [1.54, 1.807) is 12.1 Å². The van der Waals surface area contributed by atoms with Gasteiger partial charge in [0.2, 0.25) is 5.90 Å². The molecule has 1 amide bonds.